The molecule has 4 nitrogen and oxygen atoms in total. The van der Waals surface area contributed by atoms with E-state index in [9.17, 15) is 9.59 Å². The first-order valence-electron chi connectivity index (χ1n) is 9.26. The van der Waals surface area contributed by atoms with Gasteiger partial charge in [0, 0.05) is 6.08 Å². The van der Waals surface area contributed by atoms with E-state index in [1.807, 2.05) is 24.3 Å². The van der Waals surface area contributed by atoms with Crippen LogP contribution in [0.5, 0.6) is 5.75 Å². The molecule has 1 aromatic carbocycles. The van der Waals surface area contributed by atoms with Crippen LogP contribution in [0.1, 0.15) is 57.9 Å². The van der Waals surface area contributed by atoms with Gasteiger partial charge in [0.05, 0.1) is 5.92 Å². The van der Waals surface area contributed by atoms with E-state index < -0.39 is 0 Å². The smallest absolute Gasteiger partial charge is 0.330 e. The van der Waals surface area contributed by atoms with Gasteiger partial charge in [0.25, 0.3) is 0 Å². The molecule has 0 radical (unpaired) electrons. The summed E-state index contributed by atoms with van der Waals surface area (Å²) in [4.78, 5) is 23.8. The molecule has 1 saturated carbocycles. The monoisotopic (exact) mass is 344 g/mol. The van der Waals surface area contributed by atoms with Crippen molar-refractivity contribution in [2.75, 3.05) is 0 Å². The molecule has 0 amide bonds. The van der Waals surface area contributed by atoms with Gasteiger partial charge in [-0.25, -0.2) is 4.79 Å². The summed E-state index contributed by atoms with van der Waals surface area (Å²) < 4.78 is 10.9. The Morgan fingerprint density at radius 3 is 2.40 bits per heavy atom. The number of hydrogen-bond acceptors (Lipinski definition) is 4. The lowest BCUT2D eigenvalue weighted by Crippen LogP contribution is -2.29. The minimum absolute atomic E-state index is 0.0920. The molecule has 0 heterocycles. The quantitative estimate of drug-likeness (QED) is 0.412. The van der Waals surface area contributed by atoms with Crippen molar-refractivity contribution in [1.82, 2.24) is 0 Å². The summed E-state index contributed by atoms with van der Waals surface area (Å²) in [5.41, 5.74) is 1.27. The molecule has 0 atom stereocenters. The summed E-state index contributed by atoms with van der Waals surface area (Å²) in [5, 5.41) is 0. The first-order chi connectivity index (χ1) is 12.1. The minimum atomic E-state index is -0.309. The first-order valence-corrected chi connectivity index (χ1v) is 9.26. The van der Waals surface area contributed by atoms with Crippen molar-refractivity contribution in [3.63, 3.8) is 0 Å². The zero-order chi connectivity index (χ0) is 18.1. The summed E-state index contributed by atoms with van der Waals surface area (Å²) in [6.07, 6.45) is 9.19. The molecule has 1 aliphatic rings. The normalized spacial score (nSPS) is 20.4. The van der Waals surface area contributed by atoms with Crippen LogP contribution in [0.15, 0.2) is 36.4 Å². The summed E-state index contributed by atoms with van der Waals surface area (Å²) in [5.74, 6) is -0.000419. The molecule has 0 bridgehead atoms. The molecule has 0 aliphatic heterocycles. The number of hydrogen-bond donors (Lipinski definition) is 0. The second-order valence-electron chi connectivity index (χ2n) is 6.58. The fraction of sp³-hybridized carbons (Fsp3) is 0.524. The fourth-order valence-electron chi connectivity index (χ4n) is 3.06. The van der Waals surface area contributed by atoms with Gasteiger partial charge in [-0.15, -0.1) is 0 Å². The van der Waals surface area contributed by atoms with Crippen LogP contribution in [0.4, 0.5) is 0 Å². The van der Waals surface area contributed by atoms with Gasteiger partial charge in [0.1, 0.15) is 11.9 Å². The molecule has 0 unspecified atom stereocenters. The summed E-state index contributed by atoms with van der Waals surface area (Å²) >= 11 is 0. The molecule has 2 rings (SSSR count). The molecular formula is C21H28O4. The summed E-state index contributed by atoms with van der Waals surface area (Å²) in [6.45, 7) is 3.96. The number of benzene rings is 1. The van der Waals surface area contributed by atoms with Crippen LogP contribution in [0.25, 0.3) is 0 Å². The van der Waals surface area contributed by atoms with Crippen LogP contribution >= 0.6 is 0 Å². The highest BCUT2D eigenvalue weighted by Gasteiger charge is 2.29. The maximum absolute atomic E-state index is 12.3. The molecule has 136 valence electrons. The lowest BCUT2D eigenvalue weighted by molar-refractivity contribution is -0.147. The van der Waals surface area contributed by atoms with Crippen LogP contribution in [0.3, 0.4) is 0 Å². The lowest BCUT2D eigenvalue weighted by Gasteiger charge is -2.26. The Labute approximate surface area is 150 Å². The number of aryl methyl sites for hydroxylation is 1. The average molecular weight is 344 g/mol. The predicted octanol–water partition coefficient (Wildman–Crippen LogP) is 4.61. The van der Waals surface area contributed by atoms with Crippen molar-refractivity contribution < 1.29 is 19.1 Å². The summed E-state index contributed by atoms with van der Waals surface area (Å²) in [7, 11) is 0. The zero-order valence-electron chi connectivity index (χ0n) is 15.2. The van der Waals surface area contributed by atoms with Crippen molar-refractivity contribution in [2.45, 2.75) is 64.9 Å². The Morgan fingerprint density at radius 1 is 1.12 bits per heavy atom. The molecule has 0 aromatic heterocycles. The predicted molar refractivity (Wildman–Crippen MR) is 97.3 cm³/mol. The van der Waals surface area contributed by atoms with Gasteiger partial charge in [-0.2, -0.15) is 0 Å². The largest absolute Gasteiger partial charge is 0.459 e. The van der Waals surface area contributed by atoms with E-state index in [-0.39, 0.29) is 24.0 Å². The number of rotatable bonds is 7. The van der Waals surface area contributed by atoms with E-state index in [4.69, 9.17) is 9.47 Å². The van der Waals surface area contributed by atoms with E-state index in [1.54, 1.807) is 13.0 Å². The maximum Gasteiger partial charge on any atom is 0.330 e. The number of unbranched alkanes of at least 4 members (excludes halogenated alkanes) is 1. The molecular weight excluding hydrogens is 316 g/mol. The third kappa shape index (κ3) is 6.37. The second-order valence-corrected chi connectivity index (χ2v) is 6.58. The van der Waals surface area contributed by atoms with Crippen molar-refractivity contribution in [2.24, 2.45) is 5.92 Å². The number of ether oxygens (including phenoxy) is 2. The standard InChI is InChI=1S/C21H28O4/c1-3-5-7-16-8-12-19(13-9-16)25-21(23)17-10-14-18(15-11-17)24-20(22)6-4-2/h4,6,8-9,12-13,17-18H,3,5,7,10-11,14-15H2,1-2H3/t17-,18-. The van der Waals surface area contributed by atoms with E-state index in [1.165, 1.54) is 24.5 Å². The van der Waals surface area contributed by atoms with Gasteiger partial charge in [-0.05, 0) is 63.1 Å². The van der Waals surface area contributed by atoms with Crippen molar-refractivity contribution in [3.8, 4) is 5.75 Å². The molecule has 1 fully saturated rings. The zero-order valence-corrected chi connectivity index (χ0v) is 15.2. The highest BCUT2D eigenvalue weighted by atomic mass is 16.5. The molecule has 25 heavy (non-hydrogen) atoms. The number of esters is 2. The van der Waals surface area contributed by atoms with E-state index in [0.29, 0.717) is 31.4 Å². The number of carbonyl (C=O) groups is 2. The highest BCUT2D eigenvalue weighted by Crippen LogP contribution is 2.28. The topological polar surface area (TPSA) is 52.6 Å². The first kappa shape index (κ1) is 19.2. The third-order valence-electron chi connectivity index (χ3n) is 4.55. The minimum Gasteiger partial charge on any atom is -0.459 e. The summed E-state index contributed by atoms with van der Waals surface area (Å²) in [6, 6.07) is 7.78. The van der Waals surface area contributed by atoms with E-state index in [0.717, 1.165) is 6.42 Å². The van der Waals surface area contributed by atoms with Crippen molar-refractivity contribution in [1.29, 1.82) is 0 Å². The van der Waals surface area contributed by atoms with Crippen LogP contribution in [-0.2, 0) is 20.7 Å². The molecule has 1 aromatic rings. The van der Waals surface area contributed by atoms with Gasteiger partial charge >= 0.3 is 11.9 Å². The third-order valence-corrected chi connectivity index (χ3v) is 4.55. The van der Waals surface area contributed by atoms with E-state index in [2.05, 4.69) is 6.92 Å². The Balaban J connectivity index is 1.77. The van der Waals surface area contributed by atoms with Crippen LogP contribution in [0, 0.1) is 5.92 Å². The Kier molecular flexibility index (Phi) is 7.71. The maximum atomic E-state index is 12.3. The Bertz CT molecular complexity index is 580. The van der Waals surface area contributed by atoms with Crippen molar-refractivity contribution >= 4 is 11.9 Å². The molecule has 1 aliphatic carbocycles. The number of carbonyl (C=O) groups excluding carboxylic acids is 2. The lowest BCUT2D eigenvalue weighted by atomic mass is 9.87. The van der Waals surface area contributed by atoms with E-state index >= 15 is 0 Å². The van der Waals surface area contributed by atoms with Crippen LogP contribution < -0.4 is 4.74 Å². The van der Waals surface area contributed by atoms with Gasteiger partial charge < -0.3 is 9.47 Å². The van der Waals surface area contributed by atoms with Gasteiger partial charge in [0.15, 0.2) is 0 Å². The van der Waals surface area contributed by atoms with Crippen LogP contribution in [0.2, 0.25) is 0 Å². The SMILES string of the molecule is CC=CC(=O)O[C@H]1CC[C@H](C(=O)Oc2ccc(CCCC)cc2)CC1. The number of allylic oxidation sites excluding steroid dienone is 1. The molecule has 4 heteroatoms. The molecule has 0 N–H and O–H groups in total. The van der Waals surface area contributed by atoms with Crippen LogP contribution in [-0.4, -0.2) is 18.0 Å². The second kappa shape index (κ2) is 10.0. The average Bonchev–Trinajstić information content (AvgIpc) is 2.62. The van der Waals surface area contributed by atoms with Gasteiger partial charge in [0.2, 0.25) is 0 Å². The molecule has 0 spiro atoms. The van der Waals surface area contributed by atoms with Gasteiger partial charge in [-0.1, -0.05) is 31.6 Å². The fourth-order valence-corrected chi connectivity index (χ4v) is 3.06. The van der Waals surface area contributed by atoms with Gasteiger partial charge in [-0.3, -0.25) is 4.79 Å². The van der Waals surface area contributed by atoms with Crippen molar-refractivity contribution in [3.05, 3.63) is 42.0 Å². The Morgan fingerprint density at radius 2 is 1.80 bits per heavy atom. The Hall–Kier alpha value is -2.10. The highest BCUT2D eigenvalue weighted by molar-refractivity contribution is 5.82. The molecule has 0 saturated heterocycles.